The van der Waals surface area contributed by atoms with Crippen molar-refractivity contribution in [3.63, 3.8) is 0 Å². The van der Waals surface area contributed by atoms with Gasteiger partial charge in [0.2, 0.25) is 0 Å². The molecule has 106 valence electrons. The van der Waals surface area contributed by atoms with Crippen LogP contribution in [0.25, 0.3) is 0 Å². The lowest BCUT2D eigenvalue weighted by Crippen LogP contribution is -2.35. The highest BCUT2D eigenvalue weighted by Crippen LogP contribution is 2.18. The summed E-state index contributed by atoms with van der Waals surface area (Å²) < 4.78 is 5.45. The molecule has 0 spiro atoms. The van der Waals surface area contributed by atoms with Crippen molar-refractivity contribution >= 4 is 11.7 Å². The maximum Gasteiger partial charge on any atom is 0.261 e. The number of para-hydroxylation sites is 1. The van der Waals surface area contributed by atoms with Gasteiger partial charge in [0, 0.05) is 13.1 Å². The van der Waals surface area contributed by atoms with E-state index >= 15 is 0 Å². The van der Waals surface area contributed by atoms with Crippen LogP contribution in [0.3, 0.4) is 0 Å². The molecule has 0 bridgehead atoms. The number of carbonyl (C=O) groups is 2. The first-order chi connectivity index (χ1) is 9.60. The van der Waals surface area contributed by atoms with Crippen molar-refractivity contribution < 1.29 is 14.3 Å². The van der Waals surface area contributed by atoms with E-state index in [2.05, 4.69) is 13.2 Å². The minimum Gasteiger partial charge on any atom is -0.483 e. The van der Waals surface area contributed by atoms with E-state index in [9.17, 15) is 9.59 Å². The van der Waals surface area contributed by atoms with Crippen molar-refractivity contribution in [3.05, 3.63) is 55.1 Å². The molecule has 0 aliphatic carbocycles. The first kappa shape index (κ1) is 15.7. The van der Waals surface area contributed by atoms with E-state index in [1.165, 1.54) is 6.92 Å². The largest absolute Gasteiger partial charge is 0.483 e. The second-order valence-corrected chi connectivity index (χ2v) is 4.22. The molecule has 1 aromatic rings. The van der Waals surface area contributed by atoms with E-state index in [0.717, 1.165) is 0 Å². The number of amides is 1. The number of nitrogens with zero attached hydrogens (tertiary/aromatic N) is 1. The maximum atomic E-state index is 12.0. The molecule has 1 amide bonds. The van der Waals surface area contributed by atoms with Gasteiger partial charge in [0.25, 0.3) is 5.91 Å². The molecule has 0 atom stereocenters. The number of hydrogen-bond acceptors (Lipinski definition) is 3. The van der Waals surface area contributed by atoms with Crippen LogP contribution >= 0.6 is 0 Å². The summed E-state index contributed by atoms with van der Waals surface area (Å²) in [7, 11) is 0. The molecule has 0 aliphatic rings. The minimum absolute atomic E-state index is 0.0953. The summed E-state index contributed by atoms with van der Waals surface area (Å²) in [5, 5.41) is 0. The normalized spacial score (nSPS) is 9.65. The van der Waals surface area contributed by atoms with Crippen molar-refractivity contribution in [2.45, 2.75) is 6.92 Å². The molecule has 0 unspecified atom stereocenters. The van der Waals surface area contributed by atoms with Gasteiger partial charge in [0.1, 0.15) is 5.75 Å². The Bertz CT molecular complexity index is 498. The van der Waals surface area contributed by atoms with E-state index < -0.39 is 0 Å². The van der Waals surface area contributed by atoms with Gasteiger partial charge >= 0.3 is 0 Å². The second-order valence-electron chi connectivity index (χ2n) is 4.22. The first-order valence-corrected chi connectivity index (χ1v) is 6.32. The molecular weight excluding hydrogens is 254 g/mol. The van der Waals surface area contributed by atoms with E-state index in [4.69, 9.17) is 4.74 Å². The predicted molar refractivity (Wildman–Crippen MR) is 78.9 cm³/mol. The van der Waals surface area contributed by atoms with Crippen LogP contribution in [0.15, 0.2) is 49.6 Å². The van der Waals surface area contributed by atoms with Crippen LogP contribution in [0.4, 0.5) is 0 Å². The average molecular weight is 273 g/mol. The number of Topliss-reactive ketones (excluding diaryl/α,β-unsaturated/α-hetero) is 1. The number of rotatable bonds is 8. The number of hydrogen-bond donors (Lipinski definition) is 0. The minimum atomic E-state index is -0.178. The second kappa shape index (κ2) is 7.94. The molecule has 4 nitrogen and oxygen atoms in total. The molecule has 4 heteroatoms. The van der Waals surface area contributed by atoms with Gasteiger partial charge in [-0.15, -0.1) is 13.2 Å². The van der Waals surface area contributed by atoms with Gasteiger partial charge < -0.3 is 9.64 Å². The van der Waals surface area contributed by atoms with Crippen molar-refractivity contribution in [2.24, 2.45) is 0 Å². The Hall–Kier alpha value is -2.36. The highest BCUT2D eigenvalue weighted by molar-refractivity contribution is 5.96. The van der Waals surface area contributed by atoms with Gasteiger partial charge in [-0.05, 0) is 19.1 Å². The fourth-order valence-corrected chi connectivity index (χ4v) is 1.70. The monoisotopic (exact) mass is 273 g/mol. The third-order valence-corrected chi connectivity index (χ3v) is 2.67. The molecule has 0 saturated heterocycles. The molecule has 1 rings (SSSR count). The maximum absolute atomic E-state index is 12.0. The van der Waals surface area contributed by atoms with Crippen LogP contribution in [0, 0.1) is 0 Å². The zero-order chi connectivity index (χ0) is 15.0. The van der Waals surface area contributed by atoms with Crippen molar-refractivity contribution in [2.75, 3.05) is 19.7 Å². The van der Waals surface area contributed by atoms with Crippen LogP contribution in [-0.2, 0) is 4.79 Å². The highest BCUT2D eigenvalue weighted by Gasteiger charge is 2.13. The van der Waals surface area contributed by atoms with Gasteiger partial charge in [-0.2, -0.15) is 0 Å². The third kappa shape index (κ3) is 4.39. The predicted octanol–water partition coefficient (Wildman–Crippen LogP) is 2.47. The zero-order valence-corrected chi connectivity index (χ0v) is 11.7. The number of benzene rings is 1. The number of carbonyl (C=O) groups excluding carboxylic acids is 2. The van der Waals surface area contributed by atoms with Crippen molar-refractivity contribution in [1.82, 2.24) is 4.90 Å². The highest BCUT2D eigenvalue weighted by atomic mass is 16.5. The Kier molecular flexibility index (Phi) is 6.23. The molecule has 20 heavy (non-hydrogen) atoms. The molecular formula is C16H19NO3. The van der Waals surface area contributed by atoms with Crippen LogP contribution in [-0.4, -0.2) is 36.3 Å². The van der Waals surface area contributed by atoms with E-state index in [1.54, 1.807) is 41.3 Å². The van der Waals surface area contributed by atoms with Gasteiger partial charge in [-0.3, -0.25) is 9.59 Å². The summed E-state index contributed by atoms with van der Waals surface area (Å²) in [6.07, 6.45) is 3.29. The van der Waals surface area contributed by atoms with Crippen LogP contribution in [0.5, 0.6) is 5.75 Å². The lowest BCUT2D eigenvalue weighted by atomic mass is 10.1. The molecule has 0 aromatic heterocycles. The first-order valence-electron chi connectivity index (χ1n) is 6.32. The topological polar surface area (TPSA) is 46.6 Å². The number of ether oxygens (including phenoxy) is 1. The van der Waals surface area contributed by atoms with Gasteiger partial charge in [-0.1, -0.05) is 24.3 Å². The molecule has 0 fully saturated rings. The van der Waals surface area contributed by atoms with E-state index in [-0.39, 0.29) is 18.3 Å². The summed E-state index contributed by atoms with van der Waals surface area (Å²) in [5.74, 6) is 0.149. The molecule has 0 radical (unpaired) electrons. The molecule has 0 heterocycles. The fraction of sp³-hybridized carbons (Fsp3) is 0.250. The Morgan fingerprint density at radius 1 is 1.20 bits per heavy atom. The summed E-state index contributed by atoms with van der Waals surface area (Å²) in [6.45, 7) is 9.43. The summed E-state index contributed by atoms with van der Waals surface area (Å²) in [4.78, 5) is 25.0. The molecule has 0 N–H and O–H groups in total. The zero-order valence-electron chi connectivity index (χ0n) is 11.7. The average Bonchev–Trinajstić information content (AvgIpc) is 2.44. The molecule has 1 aromatic carbocycles. The number of ketones is 1. The molecule has 0 aliphatic heterocycles. The van der Waals surface area contributed by atoms with E-state index in [1.807, 2.05) is 0 Å². The van der Waals surface area contributed by atoms with Gasteiger partial charge in [0.05, 0.1) is 5.56 Å². The fourth-order valence-electron chi connectivity index (χ4n) is 1.70. The van der Waals surface area contributed by atoms with Gasteiger partial charge in [-0.25, -0.2) is 0 Å². The van der Waals surface area contributed by atoms with E-state index in [0.29, 0.717) is 24.4 Å². The SMILES string of the molecule is C=CCN(CC=C)C(=O)COc1ccccc1C(C)=O. The smallest absolute Gasteiger partial charge is 0.261 e. The quantitative estimate of drug-likeness (QED) is 0.540. The van der Waals surface area contributed by atoms with Crippen LogP contribution < -0.4 is 4.74 Å². The summed E-state index contributed by atoms with van der Waals surface area (Å²) in [5.41, 5.74) is 0.472. The Balaban J connectivity index is 2.71. The Morgan fingerprint density at radius 2 is 1.80 bits per heavy atom. The van der Waals surface area contributed by atoms with Crippen molar-refractivity contribution in [3.8, 4) is 5.75 Å². The summed E-state index contributed by atoms with van der Waals surface area (Å²) >= 11 is 0. The Labute approximate surface area is 119 Å². The third-order valence-electron chi connectivity index (χ3n) is 2.67. The van der Waals surface area contributed by atoms with Crippen molar-refractivity contribution in [1.29, 1.82) is 0 Å². The standard InChI is InChI=1S/C16H19NO3/c1-4-10-17(11-5-2)16(19)12-20-15-9-7-6-8-14(15)13(3)18/h4-9H,1-2,10-12H2,3H3. The lowest BCUT2D eigenvalue weighted by molar-refractivity contribution is -0.132. The summed E-state index contributed by atoms with van der Waals surface area (Å²) in [6, 6.07) is 6.87. The van der Waals surface area contributed by atoms with Gasteiger partial charge in [0.15, 0.2) is 12.4 Å². The molecule has 0 saturated carbocycles. The van der Waals surface area contributed by atoms with Crippen LogP contribution in [0.1, 0.15) is 17.3 Å². The Morgan fingerprint density at radius 3 is 2.35 bits per heavy atom. The van der Waals surface area contributed by atoms with Crippen LogP contribution in [0.2, 0.25) is 0 Å². The lowest BCUT2D eigenvalue weighted by Gasteiger charge is -2.19.